The van der Waals surface area contributed by atoms with Crippen LogP contribution in [0.2, 0.25) is 0 Å². The number of unbranched alkanes of at least 4 members (excludes halogenated alkanes) is 1. The molecule has 0 unspecified atom stereocenters. The van der Waals surface area contributed by atoms with Gasteiger partial charge in [0.25, 0.3) is 11.8 Å². The molecule has 2 N–H and O–H groups in total. The Morgan fingerprint density at radius 1 is 1.00 bits per heavy atom. The number of fused-ring (bicyclic) bond motifs is 1. The first-order valence-corrected chi connectivity index (χ1v) is 11.9. The van der Waals surface area contributed by atoms with Crippen LogP contribution in [-0.4, -0.2) is 44.0 Å². The van der Waals surface area contributed by atoms with Crippen LogP contribution in [0.3, 0.4) is 0 Å². The Kier molecular flexibility index (Phi) is 8.18. The predicted molar refractivity (Wildman–Crippen MR) is 138 cm³/mol. The highest BCUT2D eigenvalue weighted by atomic mass is 16.5. The molecule has 0 aromatic heterocycles. The van der Waals surface area contributed by atoms with E-state index in [1.807, 2.05) is 37.3 Å². The summed E-state index contributed by atoms with van der Waals surface area (Å²) in [7, 11) is 0. The number of hydrogen-bond donors (Lipinski definition) is 2. The van der Waals surface area contributed by atoms with Crippen molar-refractivity contribution in [2.24, 2.45) is 0 Å². The molecule has 0 bridgehead atoms. The van der Waals surface area contributed by atoms with Crippen molar-refractivity contribution in [2.45, 2.75) is 19.8 Å². The van der Waals surface area contributed by atoms with Crippen molar-refractivity contribution in [2.75, 3.05) is 36.5 Å². The van der Waals surface area contributed by atoms with Gasteiger partial charge in [-0.2, -0.15) is 0 Å². The van der Waals surface area contributed by atoms with E-state index < -0.39 is 0 Å². The maximum atomic E-state index is 12.6. The van der Waals surface area contributed by atoms with Gasteiger partial charge in [0.2, 0.25) is 5.91 Å². The van der Waals surface area contributed by atoms with Crippen molar-refractivity contribution in [3.05, 3.63) is 83.9 Å². The van der Waals surface area contributed by atoms with Crippen LogP contribution in [0.25, 0.3) is 0 Å². The third kappa shape index (κ3) is 6.63. The van der Waals surface area contributed by atoms with E-state index in [4.69, 9.17) is 9.47 Å². The van der Waals surface area contributed by atoms with E-state index in [0.717, 1.165) is 24.2 Å². The molecule has 3 amide bonds. The van der Waals surface area contributed by atoms with Crippen molar-refractivity contribution < 1.29 is 23.9 Å². The molecule has 0 saturated carbocycles. The largest absolute Gasteiger partial charge is 0.494 e. The second kappa shape index (κ2) is 11.9. The molecule has 36 heavy (non-hydrogen) atoms. The zero-order valence-electron chi connectivity index (χ0n) is 20.2. The van der Waals surface area contributed by atoms with Gasteiger partial charge in [-0.3, -0.25) is 14.4 Å². The fraction of sp³-hybridized carbons (Fsp3) is 0.250. The topological polar surface area (TPSA) is 97.0 Å². The summed E-state index contributed by atoms with van der Waals surface area (Å²) in [6.45, 7) is 2.89. The van der Waals surface area contributed by atoms with Gasteiger partial charge in [-0.25, -0.2) is 0 Å². The van der Waals surface area contributed by atoms with Crippen molar-refractivity contribution in [3.63, 3.8) is 0 Å². The van der Waals surface area contributed by atoms with Gasteiger partial charge in [0, 0.05) is 17.8 Å². The maximum absolute atomic E-state index is 12.6. The fourth-order valence-corrected chi connectivity index (χ4v) is 3.85. The lowest BCUT2D eigenvalue weighted by molar-refractivity contribution is -0.121. The Labute approximate surface area is 210 Å². The molecule has 1 aliphatic heterocycles. The van der Waals surface area contributed by atoms with E-state index in [1.54, 1.807) is 47.4 Å². The summed E-state index contributed by atoms with van der Waals surface area (Å²) in [5.74, 6) is 0.583. The standard InChI is InChI=1S/C28H29N3O5/c1-20-8-7-11-23(16-20)35-15-6-5-14-31-24-17-22(12-13-25(24)36-19-27(31)33)30-26(32)18-29-28(34)21-9-3-2-4-10-21/h2-4,7-13,16-17H,5-6,14-15,18-19H2,1H3,(H,29,34)(H,30,32). The molecule has 3 aromatic carbocycles. The highest BCUT2D eigenvalue weighted by molar-refractivity contribution is 6.01. The Morgan fingerprint density at radius 2 is 1.83 bits per heavy atom. The second-order valence-corrected chi connectivity index (χ2v) is 8.49. The average Bonchev–Trinajstić information content (AvgIpc) is 2.89. The molecule has 1 heterocycles. The van der Waals surface area contributed by atoms with Crippen molar-refractivity contribution in [1.82, 2.24) is 5.32 Å². The van der Waals surface area contributed by atoms with Crippen LogP contribution < -0.4 is 25.0 Å². The molecule has 0 radical (unpaired) electrons. The van der Waals surface area contributed by atoms with Gasteiger partial charge >= 0.3 is 0 Å². The highest BCUT2D eigenvalue weighted by Gasteiger charge is 2.25. The van der Waals surface area contributed by atoms with E-state index in [2.05, 4.69) is 10.6 Å². The van der Waals surface area contributed by atoms with Gasteiger partial charge < -0.3 is 25.0 Å². The van der Waals surface area contributed by atoms with Crippen LogP contribution in [0.15, 0.2) is 72.8 Å². The molecule has 0 saturated heterocycles. The van der Waals surface area contributed by atoms with Gasteiger partial charge in [-0.15, -0.1) is 0 Å². The molecule has 8 heteroatoms. The number of carbonyl (C=O) groups is 3. The molecular weight excluding hydrogens is 458 g/mol. The zero-order valence-corrected chi connectivity index (χ0v) is 20.2. The number of ether oxygens (including phenoxy) is 2. The number of benzene rings is 3. The molecule has 8 nitrogen and oxygen atoms in total. The van der Waals surface area contributed by atoms with Crippen LogP contribution >= 0.6 is 0 Å². The summed E-state index contributed by atoms with van der Waals surface area (Å²) in [5.41, 5.74) is 2.75. The van der Waals surface area contributed by atoms with E-state index in [-0.39, 0.29) is 30.9 Å². The third-order valence-electron chi connectivity index (χ3n) is 5.67. The number of amides is 3. The smallest absolute Gasteiger partial charge is 0.265 e. The number of nitrogens with one attached hydrogen (secondary N) is 2. The minimum Gasteiger partial charge on any atom is -0.494 e. The second-order valence-electron chi connectivity index (χ2n) is 8.49. The van der Waals surface area contributed by atoms with Crippen LogP contribution in [0, 0.1) is 6.92 Å². The first-order valence-electron chi connectivity index (χ1n) is 11.9. The number of aryl methyl sites for hydroxylation is 1. The molecule has 0 atom stereocenters. The van der Waals surface area contributed by atoms with Crippen LogP contribution in [-0.2, 0) is 9.59 Å². The summed E-state index contributed by atoms with van der Waals surface area (Å²) < 4.78 is 11.4. The van der Waals surface area contributed by atoms with Crippen LogP contribution in [0.5, 0.6) is 11.5 Å². The lowest BCUT2D eigenvalue weighted by atomic mass is 10.2. The number of anilines is 2. The Hall–Kier alpha value is -4.33. The quantitative estimate of drug-likeness (QED) is 0.422. The average molecular weight is 488 g/mol. The summed E-state index contributed by atoms with van der Waals surface area (Å²) >= 11 is 0. The minimum absolute atomic E-state index is 0.0238. The summed E-state index contributed by atoms with van der Waals surface area (Å²) in [6.07, 6.45) is 1.53. The number of nitrogens with zero attached hydrogens (tertiary/aromatic N) is 1. The molecule has 186 valence electrons. The third-order valence-corrected chi connectivity index (χ3v) is 5.67. The number of rotatable bonds is 10. The summed E-state index contributed by atoms with van der Waals surface area (Å²) in [4.78, 5) is 38.8. The van der Waals surface area contributed by atoms with E-state index >= 15 is 0 Å². The van der Waals surface area contributed by atoms with Gasteiger partial charge in [0.15, 0.2) is 6.61 Å². The summed E-state index contributed by atoms with van der Waals surface area (Å²) in [6, 6.07) is 21.7. The van der Waals surface area contributed by atoms with Crippen molar-refractivity contribution in [1.29, 1.82) is 0 Å². The molecule has 0 fully saturated rings. The maximum Gasteiger partial charge on any atom is 0.265 e. The highest BCUT2D eigenvalue weighted by Crippen LogP contribution is 2.34. The van der Waals surface area contributed by atoms with Crippen molar-refractivity contribution in [3.8, 4) is 11.5 Å². The lowest BCUT2D eigenvalue weighted by Gasteiger charge is -2.30. The van der Waals surface area contributed by atoms with E-state index in [9.17, 15) is 14.4 Å². The summed E-state index contributed by atoms with van der Waals surface area (Å²) in [5, 5.41) is 5.37. The van der Waals surface area contributed by atoms with Gasteiger partial charge in [0.1, 0.15) is 11.5 Å². The fourth-order valence-electron chi connectivity index (χ4n) is 3.85. The van der Waals surface area contributed by atoms with Crippen molar-refractivity contribution >= 4 is 29.1 Å². The Bertz CT molecular complexity index is 1230. The first-order chi connectivity index (χ1) is 17.5. The first kappa shape index (κ1) is 24.8. The Morgan fingerprint density at radius 3 is 2.64 bits per heavy atom. The van der Waals surface area contributed by atoms with Gasteiger partial charge in [0.05, 0.1) is 18.8 Å². The Balaban J connectivity index is 1.30. The van der Waals surface area contributed by atoms with E-state index in [0.29, 0.717) is 35.8 Å². The minimum atomic E-state index is -0.373. The molecule has 0 aliphatic carbocycles. The predicted octanol–water partition coefficient (Wildman–Crippen LogP) is 3.95. The van der Waals surface area contributed by atoms with Gasteiger partial charge in [-0.05, 0) is 67.8 Å². The molecular formula is C28H29N3O5. The van der Waals surface area contributed by atoms with E-state index in [1.165, 1.54) is 0 Å². The number of carbonyl (C=O) groups excluding carboxylic acids is 3. The monoisotopic (exact) mass is 487 g/mol. The zero-order chi connectivity index (χ0) is 25.3. The van der Waals surface area contributed by atoms with Crippen LogP contribution in [0.4, 0.5) is 11.4 Å². The molecule has 3 aromatic rings. The normalized spacial score (nSPS) is 12.4. The number of hydrogen-bond acceptors (Lipinski definition) is 5. The van der Waals surface area contributed by atoms with Gasteiger partial charge in [-0.1, -0.05) is 30.3 Å². The van der Waals surface area contributed by atoms with Crippen LogP contribution in [0.1, 0.15) is 28.8 Å². The lowest BCUT2D eigenvalue weighted by Crippen LogP contribution is -2.39. The molecule has 0 spiro atoms. The molecule has 1 aliphatic rings. The SMILES string of the molecule is Cc1cccc(OCCCCN2C(=O)COc3ccc(NC(=O)CNC(=O)c4ccccc4)cc32)c1. The molecule has 4 rings (SSSR count).